The molecule has 0 amide bonds. The fourth-order valence-electron chi connectivity index (χ4n) is 3.20. The third kappa shape index (κ3) is 3.91. The molecule has 110 valence electrons. The molecule has 1 aromatic rings. The van der Waals surface area contributed by atoms with Crippen molar-refractivity contribution in [3.63, 3.8) is 0 Å². The van der Waals surface area contributed by atoms with E-state index in [-0.39, 0.29) is 5.92 Å². The summed E-state index contributed by atoms with van der Waals surface area (Å²) in [5.41, 5.74) is 2.16. The van der Waals surface area contributed by atoms with E-state index in [1.165, 1.54) is 18.4 Å². The van der Waals surface area contributed by atoms with E-state index < -0.39 is 0 Å². The first-order valence-corrected chi connectivity index (χ1v) is 8.06. The number of ketones is 1. The zero-order chi connectivity index (χ0) is 14.5. The molecule has 0 saturated heterocycles. The Balaban J connectivity index is 1.86. The number of aromatic nitrogens is 1. The van der Waals surface area contributed by atoms with Gasteiger partial charge in [-0.2, -0.15) is 0 Å². The zero-order valence-electron chi connectivity index (χ0n) is 13.1. The average Bonchev–Trinajstić information content (AvgIpc) is 2.48. The SMILES string of the molecule is CCc1ccc(CC(=O)C2CCC(C(C)C)CC2)nc1. The van der Waals surface area contributed by atoms with Crippen molar-refractivity contribution in [3.8, 4) is 0 Å². The van der Waals surface area contributed by atoms with Crippen molar-refractivity contribution >= 4 is 5.78 Å². The Morgan fingerprint density at radius 1 is 1.25 bits per heavy atom. The molecule has 0 spiro atoms. The number of aryl methyl sites for hydroxylation is 1. The van der Waals surface area contributed by atoms with Crippen molar-refractivity contribution in [3.05, 3.63) is 29.6 Å². The minimum absolute atomic E-state index is 0.276. The van der Waals surface area contributed by atoms with Gasteiger partial charge in [0.15, 0.2) is 0 Å². The standard InChI is InChI=1S/C18H27NO/c1-4-14-5-10-17(19-12-14)11-18(20)16-8-6-15(7-9-16)13(2)3/h5,10,12-13,15-16H,4,6-9,11H2,1-3H3. The van der Waals surface area contributed by atoms with Gasteiger partial charge < -0.3 is 0 Å². The predicted molar refractivity (Wildman–Crippen MR) is 82.6 cm³/mol. The lowest BCUT2D eigenvalue weighted by Gasteiger charge is -2.30. The molecule has 2 rings (SSSR count). The van der Waals surface area contributed by atoms with Gasteiger partial charge in [-0.15, -0.1) is 0 Å². The number of rotatable bonds is 5. The molecule has 1 saturated carbocycles. The molecule has 1 aliphatic rings. The first-order chi connectivity index (χ1) is 9.60. The minimum atomic E-state index is 0.276. The Hall–Kier alpha value is -1.18. The smallest absolute Gasteiger partial charge is 0.141 e. The number of hydrogen-bond donors (Lipinski definition) is 0. The van der Waals surface area contributed by atoms with Crippen molar-refractivity contribution in [2.45, 2.75) is 59.3 Å². The van der Waals surface area contributed by atoms with Crippen LogP contribution in [0.5, 0.6) is 0 Å². The lowest BCUT2D eigenvalue weighted by molar-refractivity contribution is -0.123. The highest BCUT2D eigenvalue weighted by molar-refractivity contribution is 5.82. The number of pyridine rings is 1. The maximum Gasteiger partial charge on any atom is 0.141 e. The van der Waals surface area contributed by atoms with Gasteiger partial charge in [-0.05, 0) is 55.6 Å². The molecule has 0 unspecified atom stereocenters. The monoisotopic (exact) mass is 273 g/mol. The number of hydrogen-bond acceptors (Lipinski definition) is 2. The molecule has 0 N–H and O–H groups in total. The van der Waals surface area contributed by atoms with Crippen molar-refractivity contribution in [2.24, 2.45) is 17.8 Å². The van der Waals surface area contributed by atoms with Crippen LogP contribution in [-0.4, -0.2) is 10.8 Å². The van der Waals surface area contributed by atoms with Gasteiger partial charge in [-0.1, -0.05) is 26.8 Å². The Morgan fingerprint density at radius 3 is 2.45 bits per heavy atom. The van der Waals surface area contributed by atoms with Crippen LogP contribution >= 0.6 is 0 Å². The summed E-state index contributed by atoms with van der Waals surface area (Å²) in [4.78, 5) is 16.8. The van der Waals surface area contributed by atoms with Crippen LogP contribution in [0.3, 0.4) is 0 Å². The highest BCUT2D eigenvalue weighted by Gasteiger charge is 2.27. The van der Waals surface area contributed by atoms with Crippen molar-refractivity contribution in [1.82, 2.24) is 4.98 Å². The maximum absolute atomic E-state index is 12.4. The molecule has 1 aromatic heterocycles. The van der Waals surface area contributed by atoms with Gasteiger partial charge in [0.1, 0.15) is 5.78 Å². The molecular formula is C18H27NO. The Bertz CT molecular complexity index is 427. The zero-order valence-corrected chi connectivity index (χ0v) is 13.1. The van der Waals surface area contributed by atoms with Crippen molar-refractivity contribution in [2.75, 3.05) is 0 Å². The molecule has 0 bridgehead atoms. The number of carbonyl (C=O) groups is 1. The van der Waals surface area contributed by atoms with Gasteiger partial charge in [-0.3, -0.25) is 9.78 Å². The molecule has 0 aromatic carbocycles. The van der Waals surface area contributed by atoms with Gasteiger partial charge in [0.05, 0.1) is 0 Å². The molecule has 20 heavy (non-hydrogen) atoms. The Kier molecular flexibility index (Phi) is 5.33. The molecule has 0 aliphatic heterocycles. The third-order valence-electron chi connectivity index (χ3n) is 4.82. The second-order valence-electron chi connectivity index (χ2n) is 6.51. The summed E-state index contributed by atoms with van der Waals surface area (Å²) in [6.45, 7) is 6.72. The summed E-state index contributed by atoms with van der Waals surface area (Å²) in [5.74, 6) is 2.25. The molecule has 2 heteroatoms. The van der Waals surface area contributed by atoms with E-state index in [2.05, 4.69) is 31.8 Å². The fourth-order valence-corrected chi connectivity index (χ4v) is 3.20. The Labute approximate surface area is 123 Å². The molecule has 1 heterocycles. The van der Waals surface area contributed by atoms with Gasteiger partial charge in [0.2, 0.25) is 0 Å². The summed E-state index contributed by atoms with van der Waals surface area (Å²) >= 11 is 0. The van der Waals surface area contributed by atoms with Crippen LogP contribution in [0.4, 0.5) is 0 Å². The summed E-state index contributed by atoms with van der Waals surface area (Å²) in [6.07, 6.45) is 8.01. The lowest BCUT2D eigenvalue weighted by atomic mass is 9.75. The van der Waals surface area contributed by atoms with E-state index >= 15 is 0 Å². The first-order valence-electron chi connectivity index (χ1n) is 8.06. The maximum atomic E-state index is 12.4. The van der Waals surface area contributed by atoms with Gasteiger partial charge in [0, 0.05) is 24.2 Å². The highest BCUT2D eigenvalue weighted by atomic mass is 16.1. The molecule has 0 radical (unpaired) electrons. The van der Waals surface area contributed by atoms with E-state index in [0.717, 1.165) is 36.8 Å². The normalized spacial score (nSPS) is 23.0. The van der Waals surface area contributed by atoms with E-state index in [9.17, 15) is 4.79 Å². The summed E-state index contributed by atoms with van der Waals surface area (Å²) < 4.78 is 0. The van der Waals surface area contributed by atoms with Crippen LogP contribution in [0.15, 0.2) is 18.3 Å². The van der Waals surface area contributed by atoms with Crippen LogP contribution in [-0.2, 0) is 17.6 Å². The predicted octanol–water partition coefficient (Wildman–Crippen LogP) is 4.22. The number of carbonyl (C=O) groups excluding carboxylic acids is 1. The van der Waals surface area contributed by atoms with E-state index in [0.29, 0.717) is 12.2 Å². The van der Waals surface area contributed by atoms with Crippen LogP contribution < -0.4 is 0 Å². The molecule has 1 fully saturated rings. The van der Waals surface area contributed by atoms with E-state index in [1.807, 2.05) is 12.3 Å². The topological polar surface area (TPSA) is 30.0 Å². The van der Waals surface area contributed by atoms with Crippen LogP contribution in [0.25, 0.3) is 0 Å². The first kappa shape index (κ1) is 15.2. The van der Waals surface area contributed by atoms with Crippen LogP contribution in [0, 0.1) is 17.8 Å². The van der Waals surface area contributed by atoms with Gasteiger partial charge >= 0.3 is 0 Å². The van der Waals surface area contributed by atoms with Crippen molar-refractivity contribution in [1.29, 1.82) is 0 Å². The van der Waals surface area contributed by atoms with Gasteiger partial charge in [-0.25, -0.2) is 0 Å². The largest absolute Gasteiger partial charge is 0.299 e. The second-order valence-corrected chi connectivity index (χ2v) is 6.51. The van der Waals surface area contributed by atoms with Crippen LogP contribution in [0.2, 0.25) is 0 Å². The fraction of sp³-hybridized carbons (Fsp3) is 0.667. The summed E-state index contributed by atoms with van der Waals surface area (Å²) in [6, 6.07) is 4.10. The number of nitrogens with zero attached hydrogens (tertiary/aromatic N) is 1. The lowest BCUT2D eigenvalue weighted by Crippen LogP contribution is -2.25. The quantitative estimate of drug-likeness (QED) is 0.804. The molecule has 1 aliphatic carbocycles. The van der Waals surface area contributed by atoms with E-state index in [1.54, 1.807) is 0 Å². The third-order valence-corrected chi connectivity index (χ3v) is 4.82. The van der Waals surface area contributed by atoms with Crippen LogP contribution in [0.1, 0.15) is 57.7 Å². The molecule has 2 nitrogen and oxygen atoms in total. The average molecular weight is 273 g/mol. The minimum Gasteiger partial charge on any atom is -0.299 e. The Morgan fingerprint density at radius 2 is 1.95 bits per heavy atom. The van der Waals surface area contributed by atoms with Gasteiger partial charge in [0.25, 0.3) is 0 Å². The summed E-state index contributed by atoms with van der Waals surface area (Å²) in [5, 5.41) is 0. The summed E-state index contributed by atoms with van der Waals surface area (Å²) in [7, 11) is 0. The number of Topliss-reactive ketones (excluding diaryl/α,β-unsaturated/α-hetero) is 1. The molecule has 0 atom stereocenters. The highest BCUT2D eigenvalue weighted by Crippen LogP contribution is 2.34. The van der Waals surface area contributed by atoms with E-state index in [4.69, 9.17) is 0 Å². The van der Waals surface area contributed by atoms with Crippen molar-refractivity contribution < 1.29 is 4.79 Å². The second kappa shape index (κ2) is 7.01. The molecular weight excluding hydrogens is 246 g/mol.